The molecular weight excluding hydrogens is 232 g/mol. The molecule has 0 spiro atoms. The van der Waals surface area contributed by atoms with E-state index in [-0.39, 0.29) is 41.9 Å². The average Bonchev–Trinajstić information content (AvgIpc) is 0.722. The Kier molecular flexibility index (Phi) is 14.9. The van der Waals surface area contributed by atoms with Crippen LogP contribution in [0.5, 0.6) is 0 Å². The van der Waals surface area contributed by atoms with E-state index in [2.05, 4.69) is 0 Å². The molecule has 0 aromatic rings. The van der Waals surface area contributed by atoms with Crippen molar-refractivity contribution in [3.63, 3.8) is 0 Å². The van der Waals surface area contributed by atoms with E-state index in [1.165, 1.54) is 0 Å². The molecule has 34 valence electrons. The van der Waals surface area contributed by atoms with Gasteiger partial charge >= 0.3 is 83.9 Å². The van der Waals surface area contributed by atoms with Crippen molar-refractivity contribution >= 4 is 50.7 Å². The maximum absolute atomic E-state index is 9.18. The molecule has 0 unspecified atom stereocenters. The zero-order valence-electron chi connectivity index (χ0n) is 4.09. The van der Waals surface area contributed by atoms with Gasteiger partial charge < -0.3 is 0 Å². The molecule has 0 rings (SSSR count). The van der Waals surface area contributed by atoms with Crippen LogP contribution in [0.3, 0.4) is 0 Å². The number of hydrogen-bond acceptors (Lipinski definition) is 3. The van der Waals surface area contributed by atoms with Gasteiger partial charge in [-0.1, -0.05) is 0 Å². The number of rotatable bonds is 0. The molecule has 0 N–H and O–H groups in total. The first-order valence-corrected chi connectivity index (χ1v) is 8.01. The molecular formula is H3LiMgO3PSb. The van der Waals surface area contributed by atoms with Crippen LogP contribution in [-0.2, 0) is 4.57 Å². The van der Waals surface area contributed by atoms with Gasteiger partial charge in [0.25, 0.3) is 0 Å². The molecule has 7 heteroatoms. The summed E-state index contributed by atoms with van der Waals surface area (Å²) in [5, 5.41) is -3.97. The van der Waals surface area contributed by atoms with E-state index < -0.39 is 27.6 Å². The Labute approximate surface area is 82.9 Å². The van der Waals surface area contributed by atoms with E-state index in [4.69, 9.17) is 0 Å². The van der Waals surface area contributed by atoms with E-state index in [1.807, 2.05) is 0 Å². The zero-order chi connectivity index (χ0) is 4.50. The predicted molar refractivity (Wildman–Crippen MR) is 23.3 cm³/mol. The van der Waals surface area contributed by atoms with Crippen molar-refractivity contribution in [2.24, 2.45) is 0 Å². The van der Waals surface area contributed by atoms with Crippen LogP contribution in [0.25, 0.3) is 0 Å². The minimum Gasteiger partial charge on any atom is 1.00 e. The monoisotopic (exact) mass is 234 g/mol. The van der Waals surface area contributed by atoms with Gasteiger partial charge in [-0.3, -0.25) is 0 Å². The third-order valence-corrected chi connectivity index (χ3v) is 0. The summed E-state index contributed by atoms with van der Waals surface area (Å²) in [4.78, 5) is 18.4. The van der Waals surface area contributed by atoms with Crippen molar-refractivity contribution < 1.29 is 33.2 Å². The number of hydrogen-bond donors (Lipinski definition) is 0. The maximum Gasteiger partial charge on any atom is 2.00 e. The molecule has 0 radical (unpaired) electrons. The van der Waals surface area contributed by atoms with Gasteiger partial charge in [0.2, 0.25) is 0 Å². The largest absolute Gasteiger partial charge is 2.00 e. The second-order valence-corrected chi connectivity index (χ2v) is 8.47. The molecule has 0 saturated heterocycles. The van der Waals surface area contributed by atoms with Gasteiger partial charge in [-0.25, -0.2) is 0 Å². The van der Waals surface area contributed by atoms with Crippen LogP contribution in [0.2, 0.25) is 0 Å². The fraction of sp³-hybridized carbons (Fsp3) is 0. The van der Waals surface area contributed by atoms with E-state index >= 15 is 0 Å². The Bertz CT molecular complexity index is 61.1. The van der Waals surface area contributed by atoms with Crippen molar-refractivity contribution in [3.05, 3.63) is 0 Å². The Morgan fingerprint density at radius 3 is 1.43 bits per heavy atom. The van der Waals surface area contributed by atoms with Crippen molar-refractivity contribution in [2.75, 3.05) is 0 Å². The van der Waals surface area contributed by atoms with Crippen molar-refractivity contribution in [1.29, 1.82) is 0 Å². The fourth-order valence-electron chi connectivity index (χ4n) is 0. The molecule has 0 amide bonds. The van der Waals surface area contributed by atoms with E-state index in [0.717, 1.165) is 0 Å². The molecule has 0 aliphatic rings. The summed E-state index contributed by atoms with van der Waals surface area (Å²) < 4.78 is 9.18. The zero-order valence-corrected chi connectivity index (χ0v) is 10.4. The smallest absolute Gasteiger partial charge is 1.00 e. The second kappa shape index (κ2) is 6.45. The normalized spacial score (nSPS) is 9.14. The van der Waals surface area contributed by atoms with Crippen LogP contribution < -0.4 is 28.6 Å². The minimum absolute atomic E-state index is 0. The molecule has 0 atom stereocenters. The third-order valence-electron chi connectivity index (χ3n) is 0. The molecule has 0 aromatic heterocycles. The van der Waals surface area contributed by atoms with E-state index in [9.17, 15) is 14.4 Å². The fourth-order valence-corrected chi connectivity index (χ4v) is 0. The maximum atomic E-state index is 9.18. The summed E-state index contributed by atoms with van der Waals surface area (Å²) in [6.45, 7) is 0. The van der Waals surface area contributed by atoms with Crippen LogP contribution in [0.1, 0.15) is 0 Å². The molecule has 7 heavy (non-hydrogen) atoms. The van der Waals surface area contributed by atoms with Crippen LogP contribution in [0.4, 0.5) is 0 Å². The van der Waals surface area contributed by atoms with Gasteiger partial charge in [-0.05, 0) is 0 Å². The molecule has 0 heterocycles. The average molecular weight is 235 g/mol. The topological polar surface area (TPSA) is 63.2 Å². The van der Waals surface area contributed by atoms with Crippen LogP contribution in [-0.4, -0.2) is 45.5 Å². The quantitative estimate of drug-likeness (QED) is 0.310. The summed E-state index contributed by atoms with van der Waals surface area (Å²) in [5.74, 6) is 0. The molecule has 0 saturated carbocycles. The first-order chi connectivity index (χ1) is 2.00. The summed E-state index contributed by atoms with van der Waals surface area (Å²) in [5.41, 5.74) is 0. The summed E-state index contributed by atoms with van der Waals surface area (Å²) in [7, 11) is 0. The molecule has 0 aromatic carbocycles. The Balaban J connectivity index is -0.0000000800. The van der Waals surface area contributed by atoms with Crippen molar-refractivity contribution in [3.8, 4) is 0 Å². The summed E-state index contributed by atoms with van der Waals surface area (Å²) in [6.07, 6.45) is 0. The molecule has 0 bridgehead atoms. The molecule has 0 aliphatic carbocycles. The first kappa shape index (κ1) is 16.2. The molecule has 0 aliphatic heterocycles. The van der Waals surface area contributed by atoms with Gasteiger partial charge in [0, 0.05) is 0 Å². The van der Waals surface area contributed by atoms with Gasteiger partial charge in [0.1, 0.15) is 0 Å². The van der Waals surface area contributed by atoms with Gasteiger partial charge in [0.05, 0.1) is 0 Å². The molecule has 3 nitrogen and oxygen atoms in total. The van der Waals surface area contributed by atoms with Crippen molar-refractivity contribution in [1.82, 2.24) is 0 Å². The third kappa shape index (κ3) is 61.4. The first-order valence-electron chi connectivity index (χ1n) is 0.864. The van der Waals surface area contributed by atoms with Crippen LogP contribution in [0.15, 0.2) is 0 Å². The van der Waals surface area contributed by atoms with Gasteiger partial charge in [-0.2, -0.15) is 0 Å². The standard InChI is InChI=1S/Li.Mg.HO3P.Sb.3H/c;;1-4(2)3;;;;/h;;(H,1,2,3);;;;/q+1;+2;;-2;;;/p-1. The van der Waals surface area contributed by atoms with E-state index in [0.29, 0.717) is 0 Å². The second-order valence-electron chi connectivity index (χ2n) is 0.611. The minimum atomic E-state index is -3.97. The Morgan fingerprint density at radius 1 is 1.43 bits per heavy atom. The van der Waals surface area contributed by atoms with Gasteiger partial charge in [-0.15, -0.1) is 0 Å². The predicted octanol–water partition coefficient (Wildman–Crippen LogP) is -6.20. The summed E-state index contributed by atoms with van der Waals surface area (Å²) >= 11 is -0.445. The van der Waals surface area contributed by atoms with Crippen LogP contribution >= 0.6 is 5.17 Å². The Morgan fingerprint density at radius 2 is 1.43 bits per heavy atom. The SMILES string of the molecule is O=[P]([O-])([O-])[SbH3-].[Li+].[Mg+2]. The van der Waals surface area contributed by atoms with Crippen molar-refractivity contribution in [2.45, 2.75) is 0 Å². The van der Waals surface area contributed by atoms with E-state index in [1.54, 1.807) is 0 Å². The summed E-state index contributed by atoms with van der Waals surface area (Å²) in [6, 6.07) is 0. The molecule has 0 fully saturated rings. The Hall–Kier alpha value is 2.33. The van der Waals surface area contributed by atoms with Gasteiger partial charge in [0.15, 0.2) is 0 Å². The van der Waals surface area contributed by atoms with Crippen LogP contribution in [0, 0.1) is 0 Å².